The molecule has 1 aliphatic heterocycles. The SMILES string of the molecule is Cc1ccc(S(=O)(=O)N2CCC(Oc3nc4c(F)cccc4s3)CC2)cc1C. The molecule has 1 aliphatic rings. The van der Waals surface area contributed by atoms with Gasteiger partial charge in [-0.2, -0.15) is 9.29 Å². The highest BCUT2D eigenvalue weighted by Crippen LogP contribution is 2.31. The zero-order valence-corrected chi connectivity index (χ0v) is 17.3. The Bertz CT molecular complexity index is 1120. The number of para-hydroxylation sites is 1. The molecule has 4 rings (SSSR count). The number of halogens is 1. The van der Waals surface area contributed by atoms with Gasteiger partial charge < -0.3 is 4.74 Å². The second-order valence-corrected chi connectivity index (χ2v) is 9.96. The zero-order chi connectivity index (χ0) is 19.9. The van der Waals surface area contributed by atoms with E-state index in [1.54, 1.807) is 18.2 Å². The van der Waals surface area contributed by atoms with Crippen LogP contribution in [0.1, 0.15) is 24.0 Å². The molecule has 1 fully saturated rings. The number of benzene rings is 2. The lowest BCUT2D eigenvalue weighted by molar-refractivity contribution is 0.135. The van der Waals surface area contributed by atoms with Crippen LogP contribution in [-0.2, 0) is 10.0 Å². The van der Waals surface area contributed by atoms with Crippen molar-refractivity contribution in [2.45, 2.75) is 37.7 Å². The molecule has 3 aromatic rings. The summed E-state index contributed by atoms with van der Waals surface area (Å²) in [5.74, 6) is -0.363. The van der Waals surface area contributed by atoms with Crippen molar-refractivity contribution in [3.05, 3.63) is 53.3 Å². The molecule has 0 N–H and O–H groups in total. The lowest BCUT2D eigenvalue weighted by Gasteiger charge is -2.30. The summed E-state index contributed by atoms with van der Waals surface area (Å²) in [5, 5.41) is 0.426. The minimum Gasteiger partial charge on any atom is -0.467 e. The van der Waals surface area contributed by atoms with E-state index >= 15 is 0 Å². The summed E-state index contributed by atoms with van der Waals surface area (Å²) < 4.78 is 47.8. The first-order chi connectivity index (χ1) is 13.3. The number of aryl methyl sites for hydroxylation is 2. The number of sulfonamides is 1. The number of hydrogen-bond donors (Lipinski definition) is 0. The van der Waals surface area contributed by atoms with Crippen molar-refractivity contribution in [3.63, 3.8) is 0 Å². The van der Waals surface area contributed by atoms with Crippen LogP contribution in [0.25, 0.3) is 10.2 Å². The van der Waals surface area contributed by atoms with Crippen molar-refractivity contribution in [1.29, 1.82) is 0 Å². The molecule has 1 saturated heterocycles. The van der Waals surface area contributed by atoms with Crippen molar-refractivity contribution in [2.75, 3.05) is 13.1 Å². The third-order valence-corrected chi connectivity index (χ3v) is 7.94. The fourth-order valence-corrected chi connectivity index (χ4v) is 5.75. The highest BCUT2D eigenvalue weighted by molar-refractivity contribution is 7.89. The van der Waals surface area contributed by atoms with Gasteiger partial charge in [-0.3, -0.25) is 0 Å². The first-order valence-corrected chi connectivity index (χ1v) is 11.4. The van der Waals surface area contributed by atoms with Crippen LogP contribution in [0.3, 0.4) is 0 Å². The minimum absolute atomic E-state index is 0.130. The molecule has 0 atom stereocenters. The predicted octanol–water partition coefficient (Wildman–Crippen LogP) is 4.28. The van der Waals surface area contributed by atoms with Crippen LogP contribution in [0.4, 0.5) is 4.39 Å². The maximum absolute atomic E-state index is 13.8. The molecule has 0 radical (unpaired) electrons. The van der Waals surface area contributed by atoms with Gasteiger partial charge in [0.2, 0.25) is 10.0 Å². The Morgan fingerprint density at radius 2 is 1.89 bits per heavy atom. The summed E-state index contributed by atoms with van der Waals surface area (Å²) in [6, 6.07) is 10.1. The van der Waals surface area contributed by atoms with E-state index in [4.69, 9.17) is 4.74 Å². The van der Waals surface area contributed by atoms with Crippen LogP contribution in [0, 0.1) is 19.7 Å². The molecular weight excluding hydrogens is 399 g/mol. The number of aromatic nitrogens is 1. The molecule has 0 bridgehead atoms. The van der Waals surface area contributed by atoms with Gasteiger partial charge in [-0.1, -0.05) is 23.5 Å². The van der Waals surface area contributed by atoms with Crippen LogP contribution in [0.5, 0.6) is 5.19 Å². The topological polar surface area (TPSA) is 59.5 Å². The fraction of sp³-hybridized carbons (Fsp3) is 0.350. The second-order valence-electron chi connectivity index (χ2n) is 7.03. The van der Waals surface area contributed by atoms with E-state index in [0.29, 0.717) is 41.5 Å². The Balaban J connectivity index is 1.43. The maximum Gasteiger partial charge on any atom is 0.274 e. The van der Waals surface area contributed by atoms with E-state index in [0.717, 1.165) is 15.8 Å². The maximum atomic E-state index is 13.8. The summed E-state index contributed by atoms with van der Waals surface area (Å²) >= 11 is 1.31. The summed E-state index contributed by atoms with van der Waals surface area (Å²) in [7, 11) is -3.51. The third-order valence-electron chi connectivity index (χ3n) is 5.13. The van der Waals surface area contributed by atoms with Crippen LogP contribution in [-0.4, -0.2) is 36.9 Å². The average Bonchev–Trinajstić information content (AvgIpc) is 3.08. The standard InChI is InChI=1S/C20H21FN2O3S2/c1-13-6-7-16(12-14(13)2)28(24,25)23-10-8-15(9-11-23)26-20-22-19-17(21)4-3-5-18(19)27-20/h3-7,12,15H,8-11H2,1-2H3. The summed E-state index contributed by atoms with van der Waals surface area (Å²) in [6.07, 6.45) is 1.01. The Hall–Kier alpha value is -2.03. The highest BCUT2D eigenvalue weighted by atomic mass is 32.2. The van der Waals surface area contributed by atoms with Crippen molar-refractivity contribution >= 4 is 31.6 Å². The lowest BCUT2D eigenvalue weighted by atomic mass is 10.1. The van der Waals surface area contributed by atoms with Gasteiger partial charge in [0.1, 0.15) is 17.4 Å². The number of ether oxygens (including phenoxy) is 1. The number of hydrogen-bond acceptors (Lipinski definition) is 5. The normalized spacial score (nSPS) is 16.5. The molecular formula is C20H21FN2O3S2. The molecule has 1 aromatic heterocycles. The second kappa shape index (κ2) is 7.42. The molecule has 5 nitrogen and oxygen atoms in total. The van der Waals surface area contributed by atoms with E-state index in [-0.39, 0.29) is 11.9 Å². The van der Waals surface area contributed by atoms with Gasteiger partial charge in [0, 0.05) is 13.1 Å². The Morgan fingerprint density at radius 3 is 2.57 bits per heavy atom. The molecule has 0 unspecified atom stereocenters. The number of rotatable bonds is 4. The molecule has 2 aromatic carbocycles. The Kier molecular flexibility index (Phi) is 5.11. The molecule has 148 valence electrons. The number of thiazole rings is 1. The first-order valence-electron chi connectivity index (χ1n) is 9.14. The zero-order valence-electron chi connectivity index (χ0n) is 15.7. The monoisotopic (exact) mass is 420 g/mol. The van der Waals surface area contributed by atoms with Crippen molar-refractivity contribution in [2.24, 2.45) is 0 Å². The lowest BCUT2D eigenvalue weighted by Crippen LogP contribution is -2.41. The highest BCUT2D eigenvalue weighted by Gasteiger charge is 2.30. The third kappa shape index (κ3) is 3.64. The van der Waals surface area contributed by atoms with E-state index < -0.39 is 10.0 Å². The minimum atomic E-state index is -3.51. The van der Waals surface area contributed by atoms with Crippen LogP contribution < -0.4 is 4.74 Å². The van der Waals surface area contributed by atoms with Gasteiger partial charge in [-0.25, -0.2) is 12.8 Å². The molecule has 28 heavy (non-hydrogen) atoms. The van der Waals surface area contributed by atoms with E-state index in [1.807, 2.05) is 26.0 Å². The van der Waals surface area contributed by atoms with Crippen LogP contribution in [0.15, 0.2) is 41.3 Å². The first kappa shape index (κ1) is 19.3. The van der Waals surface area contributed by atoms with Gasteiger partial charge >= 0.3 is 0 Å². The molecule has 8 heteroatoms. The fourth-order valence-electron chi connectivity index (χ4n) is 3.30. The van der Waals surface area contributed by atoms with Crippen molar-refractivity contribution < 1.29 is 17.5 Å². The predicted molar refractivity (Wildman–Crippen MR) is 108 cm³/mol. The molecule has 2 heterocycles. The Labute approximate surface area is 167 Å². The average molecular weight is 421 g/mol. The summed E-state index contributed by atoms with van der Waals surface area (Å²) in [6.45, 7) is 4.65. The number of nitrogens with zero attached hydrogens (tertiary/aromatic N) is 2. The van der Waals surface area contributed by atoms with Gasteiger partial charge in [0.15, 0.2) is 0 Å². The largest absolute Gasteiger partial charge is 0.467 e. The van der Waals surface area contributed by atoms with Crippen LogP contribution in [0.2, 0.25) is 0 Å². The number of piperidine rings is 1. The van der Waals surface area contributed by atoms with E-state index in [2.05, 4.69) is 4.98 Å². The van der Waals surface area contributed by atoms with Gasteiger partial charge in [-0.05, 0) is 62.1 Å². The smallest absolute Gasteiger partial charge is 0.274 e. The van der Waals surface area contributed by atoms with Crippen molar-refractivity contribution in [3.8, 4) is 5.19 Å². The van der Waals surface area contributed by atoms with Crippen LogP contribution >= 0.6 is 11.3 Å². The molecule has 0 aliphatic carbocycles. The van der Waals surface area contributed by atoms with Gasteiger partial charge in [0.05, 0.1) is 9.60 Å². The summed E-state index contributed by atoms with van der Waals surface area (Å²) in [4.78, 5) is 4.56. The van der Waals surface area contributed by atoms with E-state index in [9.17, 15) is 12.8 Å². The van der Waals surface area contributed by atoms with Crippen molar-refractivity contribution in [1.82, 2.24) is 9.29 Å². The molecule has 0 saturated carbocycles. The number of fused-ring (bicyclic) bond motifs is 1. The quantitative estimate of drug-likeness (QED) is 0.632. The van der Waals surface area contributed by atoms with E-state index in [1.165, 1.54) is 21.7 Å². The molecule has 0 spiro atoms. The molecule has 0 amide bonds. The van der Waals surface area contributed by atoms with Gasteiger partial charge in [0.25, 0.3) is 5.19 Å². The van der Waals surface area contributed by atoms with Gasteiger partial charge in [-0.15, -0.1) is 0 Å². The summed E-state index contributed by atoms with van der Waals surface area (Å²) in [5.41, 5.74) is 2.35. The Morgan fingerprint density at radius 1 is 1.14 bits per heavy atom.